The van der Waals surface area contributed by atoms with Gasteiger partial charge in [-0.1, -0.05) is 6.07 Å². The molecule has 0 aliphatic heterocycles. The van der Waals surface area contributed by atoms with E-state index in [9.17, 15) is 5.11 Å². The third-order valence-corrected chi connectivity index (χ3v) is 3.82. The van der Waals surface area contributed by atoms with Crippen LogP contribution in [0.25, 0.3) is 10.9 Å². The summed E-state index contributed by atoms with van der Waals surface area (Å²) in [7, 11) is 4.14. The van der Waals surface area contributed by atoms with E-state index in [1.165, 1.54) is 16.5 Å². The molecule has 116 valence electrons. The van der Waals surface area contributed by atoms with Crippen molar-refractivity contribution in [3.05, 3.63) is 48.2 Å². The molecule has 0 aliphatic rings. The van der Waals surface area contributed by atoms with Gasteiger partial charge in [0.05, 0.1) is 12.1 Å². The molecule has 0 saturated carbocycles. The average molecular weight is 299 g/mol. The first-order chi connectivity index (χ1) is 10.7. The van der Waals surface area contributed by atoms with Crippen LogP contribution in [0.3, 0.4) is 0 Å². The fraction of sp³-hybridized carbons (Fsp3) is 0.375. The van der Waals surface area contributed by atoms with Gasteiger partial charge in [-0.15, -0.1) is 0 Å². The van der Waals surface area contributed by atoms with E-state index in [1.54, 1.807) is 12.7 Å². The number of nitrogens with zero attached hydrogens (tertiary/aromatic N) is 5. The Labute approximate surface area is 129 Å². The molecular formula is C16H21N5O. The highest BCUT2D eigenvalue weighted by molar-refractivity contribution is 5.84. The molecule has 0 bridgehead atoms. The number of aliphatic hydroxyl groups excluding tert-OH is 1. The number of likely N-dealkylation sites (N-methyl/N-ethyl adjacent to an activating group) is 1. The van der Waals surface area contributed by atoms with Crippen LogP contribution in [0.15, 0.2) is 37.1 Å². The summed E-state index contributed by atoms with van der Waals surface area (Å²) in [6.07, 6.45) is 6.27. The number of rotatable bonds is 6. The maximum absolute atomic E-state index is 9.53. The van der Waals surface area contributed by atoms with Crippen molar-refractivity contribution < 1.29 is 5.11 Å². The fourth-order valence-corrected chi connectivity index (χ4v) is 2.68. The lowest BCUT2D eigenvalue weighted by atomic mass is 10.1. The number of benzene rings is 1. The standard InChI is InChI=1S/C16H21N5O/c1-19(2)6-5-14-9-20(12-22)16-4-3-13(7-15(14)16)8-21-11-17-10-18-21/h3-4,7,9-11,22H,5-6,8,12H2,1-2H3. The van der Waals surface area contributed by atoms with Gasteiger partial charge in [0.2, 0.25) is 0 Å². The summed E-state index contributed by atoms with van der Waals surface area (Å²) in [5.74, 6) is 0. The molecule has 2 aromatic heterocycles. The van der Waals surface area contributed by atoms with Crippen LogP contribution in [-0.2, 0) is 19.7 Å². The zero-order valence-electron chi connectivity index (χ0n) is 13.0. The summed E-state index contributed by atoms with van der Waals surface area (Å²) in [6, 6.07) is 6.33. The summed E-state index contributed by atoms with van der Waals surface area (Å²) >= 11 is 0. The highest BCUT2D eigenvalue weighted by atomic mass is 16.3. The van der Waals surface area contributed by atoms with E-state index in [0.29, 0.717) is 6.54 Å². The van der Waals surface area contributed by atoms with Crippen LogP contribution in [0.2, 0.25) is 0 Å². The van der Waals surface area contributed by atoms with Crippen molar-refractivity contribution in [3.63, 3.8) is 0 Å². The summed E-state index contributed by atoms with van der Waals surface area (Å²) < 4.78 is 3.70. The Bertz CT molecular complexity index is 745. The summed E-state index contributed by atoms with van der Waals surface area (Å²) in [5, 5.41) is 14.9. The molecule has 0 spiro atoms. The molecule has 0 atom stereocenters. The lowest BCUT2D eigenvalue weighted by Crippen LogP contribution is -2.14. The van der Waals surface area contributed by atoms with Gasteiger partial charge >= 0.3 is 0 Å². The molecule has 0 saturated heterocycles. The van der Waals surface area contributed by atoms with Gasteiger partial charge in [0.15, 0.2) is 0 Å². The molecule has 6 heteroatoms. The van der Waals surface area contributed by atoms with Gasteiger partial charge in [0.1, 0.15) is 19.4 Å². The van der Waals surface area contributed by atoms with Gasteiger partial charge in [-0.2, -0.15) is 5.10 Å². The Hall–Kier alpha value is -2.18. The van der Waals surface area contributed by atoms with Crippen molar-refractivity contribution in [2.75, 3.05) is 20.6 Å². The van der Waals surface area contributed by atoms with E-state index in [2.05, 4.69) is 47.3 Å². The fourth-order valence-electron chi connectivity index (χ4n) is 2.68. The zero-order chi connectivity index (χ0) is 15.5. The second kappa shape index (κ2) is 6.29. The normalized spacial score (nSPS) is 11.6. The van der Waals surface area contributed by atoms with Crippen LogP contribution in [0.1, 0.15) is 11.1 Å². The van der Waals surface area contributed by atoms with Gasteiger partial charge in [-0.25, -0.2) is 9.67 Å². The third-order valence-electron chi connectivity index (χ3n) is 3.82. The van der Waals surface area contributed by atoms with Gasteiger partial charge in [-0.3, -0.25) is 0 Å². The molecule has 1 aromatic carbocycles. The highest BCUT2D eigenvalue weighted by Gasteiger charge is 2.09. The largest absolute Gasteiger partial charge is 0.376 e. The molecule has 0 amide bonds. The maximum atomic E-state index is 9.53. The first-order valence-corrected chi connectivity index (χ1v) is 7.36. The smallest absolute Gasteiger partial charge is 0.137 e. The number of aliphatic hydroxyl groups is 1. The first kappa shape index (κ1) is 14.7. The molecule has 1 N–H and O–H groups in total. The van der Waals surface area contributed by atoms with Crippen molar-refractivity contribution in [2.24, 2.45) is 0 Å². The van der Waals surface area contributed by atoms with Gasteiger partial charge < -0.3 is 14.6 Å². The SMILES string of the molecule is CN(C)CCc1cn(CO)c2ccc(Cn3cncn3)cc12. The van der Waals surface area contributed by atoms with Crippen molar-refractivity contribution in [1.82, 2.24) is 24.2 Å². The lowest BCUT2D eigenvalue weighted by Gasteiger charge is -2.08. The van der Waals surface area contributed by atoms with E-state index in [-0.39, 0.29) is 6.73 Å². The van der Waals surface area contributed by atoms with Crippen LogP contribution in [0, 0.1) is 0 Å². The minimum Gasteiger partial charge on any atom is -0.376 e. The lowest BCUT2D eigenvalue weighted by molar-refractivity contribution is 0.215. The highest BCUT2D eigenvalue weighted by Crippen LogP contribution is 2.24. The van der Waals surface area contributed by atoms with Crippen LogP contribution >= 0.6 is 0 Å². The minimum absolute atomic E-state index is 0.000880. The Kier molecular flexibility index (Phi) is 4.22. The quantitative estimate of drug-likeness (QED) is 0.746. The van der Waals surface area contributed by atoms with Gasteiger partial charge in [0, 0.05) is 18.1 Å². The molecule has 3 aromatic rings. The maximum Gasteiger partial charge on any atom is 0.137 e. The molecule has 22 heavy (non-hydrogen) atoms. The number of aromatic nitrogens is 4. The van der Waals surface area contributed by atoms with Crippen LogP contribution in [-0.4, -0.2) is 50.0 Å². The van der Waals surface area contributed by atoms with Crippen molar-refractivity contribution in [1.29, 1.82) is 0 Å². The molecular weight excluding hydrogens is 278 g/mol. The molecule has 0 aliphatic carbocycles. The zero-order valence-corrected chi connectivity index (χ0v) is 13.0. The predicted octanol–water partition coefficient (Wildman–Crippen LogP) is 1.33. The van der Waals surface area contributed by atoms with E-state index < -0.39 is 0 Å². The topological polar surface area (TPSA) is 59.1 Å². The van der Waals surface area contributed by atoms with Gasteiger partial charge in [-0.05, 0) is 43.8 Å². The number of fused-ring (bicyclic) bond motifs is 1. The van der Waals surface area contributed by atoms with Crippen molar-refractivity contribution in [3.8, 4) is 0 Å². The van der Waals surface area contributed by atoms with Crippen LogP contribution in [0.4, 0.5) is 0 Å². The molecule has 2 heterocycles. The monoisotopic (exact) mass is 299 g/mol. The molecule has 0 unspecified atom stereocenters. The summed E-state index contributed by atoms with van der Waals surface area (Å²) in [4.78, 5) is 6.14. The Morgan fingerprint density at radius 1 is 1.27 bits per heavy atom. The van der Waals surface area contributed by atoms with Crippen molar-refractivity contribution in [2.45, 2.75) is 19.7 Å². The second-order valence-electron chi connectivity index (χ2n) is 5.76. The minimum atomic E-state index is 0.000880. The second-order valence-corrected chi connectivity index (χ2v) is 5.76. The molecule has 6 nitrogen and oxygen atoms in total. The van der Waals surface area contributed by atoms with E-state index >= 15 is 0 Å². The summed E-state index contributed by atoms with van der Waals surface area (Å²) in [6.45, 7) is 1.69. The molecule has 0 fully saturated rings. The van der Waals surface area contributed by atoms with Crippen molar-refractivity contribution >= 4 is 10.9 Å². The average Bonchev–Trinajstić information content (AvgIpc) is 3.12. The third kappa shape index (κ3) is 3.03. The van der Waals surface area contributed by atoms with E-state index in [4.69, 9.17) is 0 Å². The van der Waals surface area contributed by atoms with E-state index in [1.807, 2.05) is 15.4 Å². The van der Waals surface area contributed by atoms with Crippen LogP contribution < -0.4 is 0 Å². The van der Waals surface area contributed by atoms with E-state index in [0.717, 1.165) is 18.5 Å². The Balaban J connectivity index is 1.95. The molecule has 3 rings (SSSR count). The molecule has 0 radical (unpaired) electrons. The number of hydrogen-bond acceptors (Lipinski definition) is 4. The summed E-state index contributed by atoms with van der Waals surface area (Å²) in [5.41, 5.74) is 3.51. The predicted molar refractivity (Wildman–Crippen MR) is 85.5 cm³/mol. The van der Waals surface area contributed by atoms with Gasteiger partial charge in [0.25, 0.3) is 0 Å². The Morgan fingerprint density at radius 3 is 2.82 bits per heavy atom. The number of hydrogen-bond donors (Lipinski definition) is 1. The van der Waals surface area contributed by atoms with Crippen LogP contribution in [0.5, 0.6) is 0 Å². The Morgan fingerprint density at radius 2 is 2.14 bits per heavy atom. The first-order valence-electron chi connectivity index (χ1n) is 7.36.